The number of ketones is 4. The number of hydrogen-bond acceptors (Lipinski definition) is 8. The molecule has 0 radical (unpaired) electrons. The number of carbonyl (C=O) groups excluding carboxylic acids is 4. The largest absolute Gasteiger partial charge is 0.509 e. The van der Waals surface area contributed by atoms with Crippen molar-refractivity contribution in [2.75, 3.05) is 0 Å². The molecule has 4 N–H and O–H groups in total. The summed E-state index contributed by atoms with van der Waals surface area (Å²) in [6.07, 6.45) is 9.31. The minimum atomic E-state index is -2.44. The third-order valence-corrected chi connectivity index (χ3v) is 8.30. The maximum absolute atomic E-state index is 14.0. The molecule has 0 aromatic carbocycles. The van der Waals surface area contributed by atoms with Crippen LogP contribution >= 0.6 is 0 Å². The molecule has 0 amide bonds. The highest BCUT2D eigenvalue weighted by Crippen LogP contribution is 2.70. The summed E-state index contributed by atoms with van der Waals surface area (Å²) in [7, 11) is 0. The van der Waals surface area contributed by atoms with E-state index in [0.29, 0.717) is 0 Å². The number of aliphatic hydroxyl groups is 4. The van der Waals surface area contributed by atoms with E-state index in [2.05, 4.69) is 0 Å². The second-order valence-electron chi connectivity index (χ2n) is 10.4. The van der Waals surface area contributed by atoms with Gasteiger partial charge in [-0.2, -0.15) is 0 Å². The Hall–Kier alpha value is -3.10. The molecule has 8 nitrogen and oxygen atoms in total. The normalized spacial score (nSPS) is 40.2. The lowest BCUT2D eigenvalue weighted by Crippen LogP contribution is -2.82. The highest BCUT2D eigenvalue weighted by atomic mass is 16.3. The Bertz CT molecular complexity index is 1190. The van der Waals surface area contributed by atoms with E-state index in [-0.39, 0.29) is 24.0 Å². The van der Waals surface area contributed by atoms with E-state index in [1.54, 1.807) is 38.2 Å². The summed E-state index contributed by atoms with van der Waals surface area (Å²) in [5, 5.41) is 45.0. The fourth-order valence-electron chi connectivity index (χ4n) is 6.68. The molecule has 3 saturated carbocycles. The molecule has 4 rings (SSSR count). The van der Waals surface area contributed by atoms with Gasteiger partial charge < -0.3 is 20.4 Å². The van der Waals surface area contributed by atoms with Crippen molar-refractivity contribution in [1.29, 1.82) is 0 Å². The standard InChI is InChI=1S/C28H34O8/c1-7-9-11-13-16(29)18-19-20-27(6,36)21(31)15(3)22(32)28(20,17(30)14-12-10-8-2)25(4,23(18)33)24(34)26(19,5)35/h7-11,13,19-20,29,31,35-36H,12,14H2,1-6H3. The van der Waals surface area contributed by atoms with Crippen LogP contribution in [0.4, 0.5) is 0 Å². The van der Waals surface area contributed by atoms with Crippen LogP contribution in [0.15, 0.2) is 59.1 Å². The Morgan fingerprint density at radius 3 is 2.14 bits per heavy atom. The van der Waals surface area contributed by atoms with Gasteiger partial charge in [0.2, 0.25) is 0 Å². The predicted octanol–water partition coefficient (Wildman–Crippen LogP) is 3.16. The summed E-state index contributed by atoms with van der Waals surface area (Å²) in [6, 6.07) is 0. The van der Waals surface area contributed by atoms with E-state index >= 15 is 0 Å². The molecule has 0 heterocycles. The van der Waals surface area contributed by atoms with Gasteiger partial charge in [-0.1, -0.05) is 30.4 Å². The summed E-state index contributed by atoms with van der Waals surface area (Å²) >= 11 is 0. The van der Waals surface area contributed by atoms with Gasteiger partial charge in [0.15, 0.2) is 17.3 Å². The number of rotatable bonds is 6. The molecule has 0 aromatic heterocycles. The van der Waals surface area contributed by atoms with Crippen LogP contribution in [0.25, 0.3) is 0 Å². The Balaban J connectivity index is 2.51. The molecule has 0 aliphatic heterocycles. The first-order valence-electron chi connectivity index (χ1n) is 12.0. The Kier molecular flexibility index (Phi) is 6.70. The summed E-state index contributed by atoms with van der Waals surface area (Å²) in [5.41, 5.74) is -10.1. The average Bonchev–Trinajstić information content (AvgIpc) is 2.81. The average molecular weight is 499 g/mol. The lowest BCUT2D eigenvalue weighted by molar-refractivity contribution is -0.223. The van der Waals surface area contributed by atoms with Crippen molar-refractivity contribution in [3.05, 3.63) is 59.1 Å². The molecule has 2 bridgehead atoms. The van der Waals surface area contributed by atoms with E-state index in [1.807, 2.05) is 0 Å². The fraction of sp³-hybridized carbons (Fsp3) is 0.500. The van der Waals surface area contributed by atoms with E-state index in [9.17, 15) is 39.6 Å². The van der Waals surface area contributed by atoms with Crippen LogP contribution in [0, 0.1) is 22.7 Å². The number of allylic oxidation sites excluding steroid dienone is 7. The zero-order valence-electron chi connectivity index (χ0n) is 21.5. The molecule has 4 aliphatic rings. The SMILES string of the molecule is CC=CC=CC(O)=C1C(=O)C2(C)C(=O)C(C)(O)C1C1C(C)(O)C(O)=C(C)C(=O)C12C(=O)CCC=CC. The van der Waals surface area contributed by atoms with Crippen molar-refractivity contribution in [3.63, 3.8) is 0 Å². The zero-order chi connectivity index (χ0) is 27.4. The van der Waals surface area contributed by atoms with E-state index in [1.165, 1.54) is 26.0 Å². The van der Waals surface area contributed by atoms with Gasteiger partial charge in [0, 0.05) is 29.4 Å². The molecule has 8 heteroatoms. The minimum absolute atomic E-state index is 0.214. The van der Waals surface area contributed by atoms with Crippen molar-refractivity contribution >= 4 is 23.1 Å². The molecule has 3 fully saturated rings. The molecule has 0 spiro atoms. The quantitative estimate of drug-likeness (QED) is 0.143. The predicted molar refractivity (Wildman–Crippen MR) is 132 cm³/mol. The second-order valence-corrected chi connectivity index (χ2v) is 10.4. The minimum Gasteiger partial charge on any atom is -0.509 e. The number of hydrogen-bond donors (Lipinski definition) is 4. The molecule has 6 atom stereocenters. The highest BCUT2D eigenvalue weighted by Gasteiger charge is 2.85. The number of aliphatic hydroxyl groups excluding tert-OH is 2. The maximum Gasteiger partial charge on any atom is 0.179 e. The van der Waals surface area contributed by atoms with Gasteiger partial charge >= 0.3 is 0 Å². The zero-order valence-corrected chi connectivity index (χ0v) is 21.5. The lowest BCUT2D eigenvalue weighted by Gasteiger charge is -2.67. The molecule has 6 unspecified atom stereocenters. The van der Waals surface area contributed by atoms with Gasteiger partial charge in [-0.15, -0.1) is 0 Å². The number of Topliss-reactive ketones (excluding diaryl/α,β-unsaturated/α-hetero) is 4. The summed E-state index contributed by atoms with van der Waals surface area (Å²) in [5.74, 6) is -8.20. The van der Waals surface area contributed by atoms with E-state index in [4.69, 9.17) is 0 Å². The molecular formula is C28H34O8. The van der Waals surface area contributed by atoms with Gasteiger partial charge in [0.25, 0.3) is 0 Å². The highest BCUT2D eigenvalue weighted by molar-refractivity contribution is 6.32. The summed E-state index contributed by atoms with van der Waals surface area (Å²) in [4.78, 5) is 55.9. The van der Waals surface area contributed by atoms with Crippen molar-refractivity contribution in [3.8, 4) is 0 Å². The van der Waals surface area contributed by atoms with Crippen LogP contribution < -0.4 is 0 Å². The van der Waals surface area contributed by atoms with Gasteiger partial charge in [-0.25, -0.2) is 0 Å². The third-order valence-electron chi connectivity index (χ3n) is 8.30. The maximum atomic E-state index is 14.0. The van der Waals surface area contributed by atoms with Crippen molar-refractivity contribution in [2.45, 2.75) is 65.6 Å². The monoisotopic (exact) mass is 498 g/mol. The molecular weight excluding hydrogens is 464 g/mol. The second kappa shape index (κ2) is 8.78. The van der Waals surface area contributed by atoms with Crippen molar-refractivity contribution < 1.29 is 39.6 Å². The van der Waals surface area contributed by atoms with E-state index < -0.39 is 68.5 Å². The Morgan fingerprint density at radius 1 is 0.972 bits per heavy atom. The first kappa shape index (κ1) is 27.5. The number of carbonyl (C=O) groups is 4. The first-order chi connectivity index (χ1) is 16.6. The molecule has 194 valence electrons. The van der Waals surface area contributed by atoms with Crippen LogP contribution in [0.2, 0.25) is 0 Å². The first-order valence-corrected chi connectivity index (χ1v) is 12.0. The van der Waals surface area contributed by atoms with Gasteiger partial charge in [0.05, 0.1) is 0 Å². The van der Waals surface area contributed by atoms with Crippen LogP contribution in [-0.2, 0) is 19.2 Å². The van der Waals surface area contributed by atoms with Crippen LogP contribution in [-0.4, -0.2) is 54.8 Å². The summed E-state index contributed by atoms with van der Waals surface area (Å²) in [6.45, 7) is 8.19. The van der Waals surface area contributed by atoms with Crippen LogP contribution in [0.3, 0.4) is 0 Å². The summed E-state index contributed by atoms with van der Waals surface area (Å²) < 4.78 is 0. The molecule has 36 heavy (non-hydrogen) atoms. The van der Waals surface area contributed by atoms with Crippen molar-refractivity contribution in [1.82, 2.24) is 0 Å². The van der Waals surface area contributed by atoms with Crippen LogP contribution in [0.5, 0.6) is 0 Å². The molecule has 0 saturated heterocycles. The molecule has 4 aliphatic carbocycles. The topological polar surface area (TPSA) is 149 Å². The van der Waals surface area contributed by atoms with Gasteiger partial charge in [0.1, 0.15) is 39.3 Å². The fourth-order valence-corrected chi connectivity index (χ4v) is 6.68. The Labute approximate surface area is 210 Å². The third kappa shape index (κ3) is 3.13. The lowest BCUT2D eigenvalue weighted by atomic mass is 9.32. The smallest absolute Gasteiger partial charge is 0.179 e. The van der Waals surface area contributed by atoms with Gasteiger partial charge in [-0.05, 0) is 54.0 Å². The van der Waals surface area contributed by atoms with E-state index in [0.717, 1.165) is 13.8 Å². The van der Waals surface area contributed by atoms with Gasteiger partial charge in [-0.3, -0.25) is 19.2 Å². The molecule has 0 aromatic rings. The number of fused-ring (bicyclic) bond motifs is 2. The van der Waals surface area contributed by atoms with Crippen molar-refractivity contribution in [2.24, 2.45) is 22.7 Å². The Morgan fingerprint density at radius 2 is 1.58 bits per heavy atom. The van der Waals surface area contributed by atoms with Crippen LogP contribution in [0.1, 0.15) is 54.4 Å².